The van der Waals surface area contributed by atoms with Crippen LogP contribution in [0.3, 0.4) is 0 Å². The summed E-state index contributed by atoms with van der Waals surface area (Å²) in [5, 5.41) is 4.30. The number of fused-ring (bicyclic) bond motifs is 5. The second kappa shape index (κ2) is 5.87. The first-order valence-corrected chi connectivity index (χ1v) is 8.76. The van der Waals surface area contributed by atoms with Crippen molar-refractivity contribution in [2.75, 3.05) is 19.3 Å². The Morgan fingerprint density at radius 3 is 2.83 bits per heavy atom. The van der Waals surface area contributed by atoms with Crippen molar-refractivity contribution in [2.45, 2.75) is 31.2 Å². The minimum Gasteiger partial charge on any atom is -0.396 e. The van der Waals surface area contributed by atoms with Crippen LogP contribution in [0.5, 0.6) is 0 Å². The predicted molar refractivity (Wildman–Crippen MR) is 97.4 cm³/mol. The van der Waals surface area contributed by atoms with Gasteiger partial charge in [-0.3, -0.25) is 0 Å². The van der Waals surface area contributed by atoms with E-state index in [0.29, 0.717) is 22.4 Å². The Balaban J connectivity index is 2.03. The fourth-order valence-electron chi connectivity index (χ4n) is 4.42. The predicted octanol–water partition coefficient (Wildman–Crippen LogP) is 4.52. The molecule has 0 aromatic heterocycles. The Bertz CT molecular complexity index is 817. The van der Waals surface area contributed by atoms with Gasteiger partial charge in [0.05, 0.1) is 10.7 Å². The van der Waals surface area contributed by atoms with Gasteiger partial charge in [0.25, 0.3) is 0 Å². The van der Waals surface area contributed by atoms with Gasteiger partial charge in [-0.15, -0.1) is 0 Å². The standard InChI is InChI=1S/C19H21ClN4/c1-24-9-8-12-10-14(20)18(21)19(23-22)16(12)17-13-5-3-2-4-11(13)6-7-15(17)24/h2-5,10,15,17,22H,6-9,21H2,1H3/t15-,17-/m0/s1. The first kappa shape index (κ1) is 15.6. The van der Waals surface area contributed by atoms with Gasteiger partial charge in [-0.1, -0.05) is 35.9 Å². The molecule has 1 aliphatic carbocycles. The zero-order valence-electron chi connectivity index (χ0n) is 13.7. The molecule has 2 aromatic carbocycles. The zero-order valence-corrected chi connectivity index (χ0v) is 14.5. The quantitative estimate of drug-likeness (QED) is 0.592. The molecule has 0 amide bonds. The molecule has 0 radical (unpaired) electrons. The third kappa shape index (κ3) is 2.25. The Hall–Kier alpha value is -1.91. The Morgan fingerprint density at radius 1 is 1.25 bits per heavy atom. The van der Waals surface area contributed by atoms with Crippen LogP contribution in [0.1, 0.15) is 34.6 Å². The van der Waals surface area contributed by atoms with E-state index in [1.165, 1.54) is 16.7 Å². The summed E-state index contributed by atoms with van der Waals surface area (Å²) in [4.78, 5) is 2.44. The first-order valence-electron chi connectivity index (χ1n) is 8.38. The van der Waals surface area contributed by atoms with Crippen LogP contribution >= 0.6 is 11.6 Å². The van der Waals surface area contributed by atoms with Crippen molar-refractivity contribution in [2.24, 2.45) is 5.11 Å². The van der Waals surface area contributed by atoms with E-state index in [1.807, 2.05) is 6.07 Å². The van der Waals surface area contributed by atoms with Crippen LogP contribution < -0.4 is 5.73 Å². The SMILES string of the molecule is CN1CCc2cc(Cl)c(N)c(N=N)c2[C@H]2c3ccccc3CC[C@@H]21. The number of likely N-dealkylation sites (N-methyl/N-ethyl adjacent to an activating group) is 1. The maximum atomic E-state index is 7.71. The molecule has 4 rings (SSSR count). The summed E-state index contributed by atoms with van der Waals surface area (Å²) >= 11 is 6.31. The van der Waals surface area contributed by atoms with Crippen molar-refractivity contribution < 1.29 is 0 Å². The second-order valence-electron chi connectivity index (χ2n) is 6.82. The van der Waals surface area contributed by atoms with E-state index in [2.05, 4.69) is 41.3 Å². The monoisotopic (exact) mass is 340 g/mol. The molecule has 124 valence electrons. The molecule has 0 fully saturated rings. The van der Waals surface area contributed by atoms with Gasteiger partial charge in [0.1, 0.15) is 5.69 Å². The smallest absolute Gasteiger partial charge is 0.114 e. The summed E-state index contributed by atoms with van der Waals surface area (Å²) < 4.78 is 0. The number of benzene rings is 2. The van der Waals surface area contributed by atoms with Crippen LogP contribution in [-0.4, -0.2) is 24.5 Å². The third-order valence-electron chi connectivity index (χ3n) is 5.62. The molecule has 0 saturated heterocycles. The highest BCUT2D eigenvalue weighted by Crippen LogP contribution is 2.48. The molecule has 2 aliphatic rings. The minimum absolute atomic E-state index is 0.195. The summed E-state index contributed by atoms with van der Waals surface area (Å²) in [7, 11) is 2.19. The minimum atomic E-state index is 0.195. The van der Waals surface area contributed by atoms with Crippen LogP contribution in [0.25, 0.3) is 0 Å². The van der Waals surface area contributed by atoms with Crippen molar-refractivity contribution in [3.05, 3.63) is 57.6 Å². The maximum Gasteiger partial charge on any atom is 0.114 e. The highest BCUT2D eigenvalue weighted by Gasteiger charge is 2.38. The van der Waals surface area contributed by atoms with Crippen molar-refractivity contribution >= 4 is 23.0 Å². The molecule has 24 heavy (non-hydrogen) atoms. The van der Waals surface area contributed by atoms with Gasteiger partial charge in [0.2, 0.25) is 0 Å². The topological polar surface area (TPSA) is 65.5 Å². The van der Waals surface area contributed by atoms with Crippen LogP contribution in [0.2, 0.25) is 5.02 Å². The molecule has 0 bridgehead atoms. The number of anilines is 1. The Labute approximate surface area is 147 Å². The van der Waals surface area contributed by atoms with Crippen molar-refractivity contribution in [3.8, 4) is 0 Å². The molecule has 3 N–H and O–H groups in total. The van der Waals surface area contributed by atoms with E-state index < -0.39 is 0 Å². The van der Waals surface area contributed by atoms with E-state index in [4.69, 9.17) is 22.9 Å². The molecular weight excluding hydrogens is 320 g/mol. The number of hydrogen-bond donors (Lipinski definition) is 2. The number of nitrogens with zero attached hydrogens (tertiary/aromatic N) is 2. The van der Waals surface area contributed by atoms with Gasteiger partial charge in [-0.2, -0.15) is 5.11 Å². The lowest BCUT2D eigenvalue weighted by Crippen LogP contribution is -2.39. The number of hydrogen-bond acceptors (Lipinski definition) is 4. The van der Waals surface area contributed by atoms with Crippen LogP contribution in [0.4, 0.5) is 11.4 Å². The zero-order chi connectivity index (χ0) is 16.8. The fraction of sp³-hybridized carbons (Fsp3) is 0.368. The Kier molecular flexibility index (Phi) is 3.82. The number of nitrogen functional groups attached to an aromatic ring is 1. The van der Waals surface area contributed by atoms with Gasteiger partial charge in [-0.05, 0) is 54.6 Å². The van der Waals surface area contributed by atoms with Crippen molar-refractivity contribution in [1.82, 2.24) is 4.90 Å². The lowest BCUT2D eigenvalue weighted by Gasteiger charge is -2.38. The number of nitrogens with one attached hydrogen (secondary N) is 1. The maximum absolute atomic E-state index is 7.71. The molecule has 2 aromatic rings. The summed E-state index contributed by atoms with van der Waals surface area (Å²) in [5.41, 5.74) is 19.9. The lowest BCUT2D eigenvalue weighted by atomic mass is 9.74. The van der Waals surface area contributed by atoms with Gasteiger partial charge < -0.3 is 10.6 Å². The van der Waals surface area contributed by atoms with E-state index in [9.17, 15) is 0 Å². The van der Waals surface area contributed by atoms with E-state index in [-0.39, 0.29) is 5.92 Å². The van der Waals surface area contributed by atoms with Gasteiger partial charge >= 0.3 is 0 Å². The van der Waals surface area contributed by atoms with Crippen molar-refractivity contribution in [3.63, 3.8) is 0 Å². The molecule has 0 saturated carbocycles. The van der Waals surface area contributed by atoms with Crippen LogP contribution in [0, 0.1) is 5.53 Å². The summed E-state index contributed by atoms with van der Waals surface area (Å²) in [6.45, 7) is 0.980. The summed E-state index contributed by atoms with van der Waals surface area (Å²) in [6.07, 6.45) is 3.11. The second-order valence-corrected chi connectivity index (χ2v) is 7.23. The highest BCUT2D eigenvalue weighted by molar-refractivity contribution is 6.33. The van der Waals surface area contributed by atoms with Crippen LogP contribution in [0.15, 0.2) is 35.4 Å². The van der Waals surface area contributed by atoms with Gasteiger partial charge in [0.15, 0.2) is 0 Å². The van der Waals surface area contributed by atoms with E-state index >= 15 is 0 Å². The summed E-state index contributed by atoms with van der Waals surface area (Å²) in [6, 6.07) is 11.0. The van der Waals surface area contributed by atoms with E-state index in [0.717, 1.165) is 31.4 Å². The fourth-order valence-corrected chi connectivity index (χ4v) is 4.64. The number of rotatable bonds is 1. The largest absolute Gasteiger partial charge is 0.396 e. The molecule has 4 nitrogen and oxygen atoms in total. The number of aryl methyl sites for hydroxylation is 1. The lowest BCUT2D eigenvalue weighted by molar-refractivity contribution is 0.214. The molecule has 1 aliphatic heterocycles. The van der Waals surface area contributed by atoms with Crippen molar-refractivity contribution in [1.29, 1.82) is 5.53 Å². The number of nitrogens with two attached hydrogens (primary N) is 1. The molecule has 5 heteroatoms. The average Bonchev–Trinajstić information content (AvgIpc) is 2.74. The summed E-state index contributed by atoms with van der Waals surface area (Å²) in [5.74, 6) is 0.195. The van der Waals surface area contributed by atoms with Gasteiger partial charge in [-0.25, -0.2) is 5.53 Å². The Morgan fingerprint density at radius 2 is 2.04 bits per heavy atom. The molecular formula is C19H21ClN4. The van der Waals surface area contributed by atoms with E-state index in [1.54, 1.807) is 0 Å². The first-order chi connectivity index (χ1) is 11.6. The molecule has 0 spiro atoms. The molecule has 0 unspecified atom stereocenters. The normalized spacial score (nSPS) is 22.9. The number of halogens is 1. The van der Waals surface area contributed by atoms with Gasteiger partial charge in [0, 0.05) is 18.5 Å². The molecule has 1 heterocycles. The van der Waals surface area contributed by atoms with Crippen LogP contribution in [-0.2, 0) is 12.8 Å². The third-order valence-corrected chi connectivity index (χ3v) is 5.93. The average molecular weight is 341 g/mol. The molecule has 2 atom stereocenters. The highest BCUT2D eigenvalue weighted by atomic mass is 35.5.